The summed E-state index contributed by atoms with van der Waals surface area (Å²) in [5.41, 5.74) is 1.68. The summed E-state index contributed by atoms with van der Waals surface area (Å²) in [6.07, 6.45) is 2.34. The lowest BCUT2D eigenvalue weighted by atomic mass is 10.1. The minimum Gasteiger partial charge on any atom is -0.482 e. The van der Waals surface area contributed by atoms with Crippen LogP contribution in [0.3, 0.4) is 0 Å². The Morgan fingerprint density at radius 3 is 2.89 bits per heavy atom. The van der Waals surface area contributed by atoms with Gasteiger partial charge in [0.25, 0.3) is 5.91 Å². The summed E-state index contributed by atoms with van der Waals surface area (Å²) < 4.78 is 7.70. The van der Waals surface area contributed by atoms with E-state index in [0.29, 0.717) is 30.4 Å². The first-order valence-corrected chi connectivity index (χ1v) is 9.76. The number of anilines is 1. The Morgan fingerprint density at radius 1 is 1.29 bits per heavy atom. The SMILES string of the molecule is Cc1ccc2c(c1)N(CC(=O)N1Cc3nnc(C4CC4)n3[C@@H](C)C1)C(=O)CO2. The van der Waals surface area contributed by atoms with Gasteiger partial charge >= 0.3 is 0 Å². The molecule has 0 saturated heterocycles. The van der Waals surface area contributed by atoms with E-state index in [1.54, 1.807) is 4.90 Å². The van der Waals surface area contributed by atoms with Crippen LogP contribution >= 0.6 is 0 Å². The number of aryl methyl sites for hydroxylation is 1. The molecule has 1 aromatic carbocycles. The van der Waals surface area contributed by atoms with Gasteiger partial charge in [-0.2, -0.15) is 0 Å². The molecule has 28 heavy (non-hydrogen) atoms. The lowest BCUT2D eigenvalue weighted by Gasteiger charge is -2.35. The average molecular weight is 381 g/mol. The van der Waals surface area contributed by atoms with E-state index in [0.717, 1.165) is 17.2 Å². The van der Waals surface area contributed by atoms with Crippen molar-refractivity contribution < 1.29 is 14.3 Å². The van der Waals surface area contributed by atoms with Gasteiger partial charge in [-0.3, -0.25) is 14.5 Å². The highest BCUT2D eigenvalue weighted by Gasteiger charge is 2.36. The molecule has 1 aromatic heterocycles. The predicted octanol–water partition coefficient (Wildman–Crippen LogP) is 1.79. The standard InChI is InChI=1S/C20H23N5O3/c1-12-3-6-16-15(7-12)24(19(27)11-28-16)10-18(26)23-8-13(2)25-17(9-23)21-22-20(25)14-4-5-14/h3,6-7,13-14H,4-5,8-11H2,1-2H3/t13-/m0/s1. The molecule has 2 amide bonds. The van der Waals surface area contributed by atoms with E-state index in [1.807, 2.05) is 25.1 Å². The van der Waals surface area contributed by atoms with Crippen molar-refractivity contribution in [1.29, 1.82) is 0 Å². The molecular weight excluding hydrogens is 358 g/mol. The second kappa shape index (κ2) is 6.32. The van der Waals surface area contributed by atoms with Crippen molar-refractivity contribution in [2.45, 2.75) is 45.2 Å². The maximum absolute atomic E-state index is 13.0. The summed E-state index contributed by atoms with van der Waals surface area (Å²) in [5.74, 6) is 2.77. The number of rotatable bonds is 3. The first kappa shape index (κ1) is 17.2. The lowest BCUT2D eigenvalue weighted by molar-refractivity contribution is -0.133. The summed E-state index contributed by atoms with van der Waals surface area (Å²) in [4.78, 5) is 28.8. The second-order valence-electron chi connectivity index (χ2n) is 7.98. The molecule has 0 N–H and O–H groups in total. The van der Waals surface area contributed by atoms with Crippen molar-refractivity contribution in [2.24, 2.45) is 0 Å². The zero-order valence-corrected chi connectivity index (χ0v) is 16.1. The van der Waals surface area contributed by atoms with E-state index in [2.05, 4.69) is 21.7 Å². The largest absolute Gasteiger partial charge is 0.482 e. The normalized spacial score (nSPS) is 21.2. The van der Waals surface area contributed by atoms with Crippen molar-refractivity contribution in [3.8, 4) is 5.75 Å². The third-order valence-electron chi connectivity index (χ3n) is 5.70. The molecule has 0 spiro atoms. The second-order valence-corrected chi connectivity index (χ2v) is 7.98. The Bertz CT molecular complexity index is 965. The molecule has 1 atom stereocenters. The highest BCUT2D eigenvalue weighted by atomic mass is 16.5. The third kappa shape index (κ3) is 2.83. The molecular formula is C20H23N5O3. The van der Waals surface area contributed by atoms with E-state index in [-0.39, 0.29) is 31.0 Å². The Labute approximate surface area is 163 Å². The molecule has 2 aromatic rings. The number of fused-ring (bicyclic) bond motifs is 2. The van der Waals surface area contributed by atoms with Gasteiger partial charge in [-0.15, -0.1) is 10.2 Å². The van der Waals surface area contributed by atoms with Gasteiger partial charge in [-0.25, -0.2) is 0 Å². The van der Waals surface area contributed by atoms with Gasteiger partial charge in [0, 0.05) is 12.5 Å². The van der Waals surface area contributed by atoms with E-state index in [1.165, 1.54) is 17.7 Å². The average Bonchev–Trinajstić information content (AvgIpc) is 3.43. The smallest absolute Gasteiger partial charge is 0.265 e. The van der Waals surface area contributed by atoms with Crippen LogP contribution in [0.5, 0.6) is 5.75 Å². The molecule has 0 bridgehead atoms. The first-order chi connectivity index (χ1) is 13.5. The molecule has 3 aliphatic rings. The number of carbonyl (C=O) groups is 2. The zero-order valence-electron chi connectivity index (χ0n) is 16.1. The molecule has 1 fully saturated rings. The third-order valence-corrected chi connectivity index (χ3v) is 5.70. The van der Waals surface area contributed by atoms with Gasteiger partial charge in [0.05, 0.1) is 18.3 Å². The van der Waals surface area contributed by atoms with Crippen LogP contribution in [0.15, 0.2) is 18.2 Å². The summed E-state index contributed by atoms with van der Waals surface area (Å²) in [6, 6.07) is 5.80. The van der Waals surface area contributed by atoms with Gasteiger partial charge in [0.2, 0.25) is 5.91 Å². The molecule has 0 radical (unpaired) electrons. The Balaban J connectivity index is 1.36. The van der Waals surface area contributed by atoms with Gasteiger partial charge in [0.15, 0.2) is 12.4 Å². The number of nitrogens with zero attached hydrogens (tertiary/aromatic N) is 5. The maximum Gasteiger partial charge on any atom is 0.265 e. The molecule has 5 rings (SSSR count). The number of amides is 2. The molecule has 8 heteroatoms. The van der Waals surface area contributed by atoms with Gasteiger partial charge < -0.3 is 14.2 Å². The fraction of sp³-hybridized carbons (Fsp3) is 0.500. The van der Waals surface area contributed by atoms with Crippen LogP contribution in [-0.2, 0) is 16.1 Å². The highest BCUT2D eigenvalue weighted by Crippen LogP contribution is 2.41. The Hall–Kier alpha value is -2.90. The molecule has 146 valence electrons. The number of aromatic nitrogens is 3. The van der Waals surface area contributed by atoms with Gasteiger partial charge in [-0.05, 0) is 44.4 Å². The fourth-order valence-corrected chi connectivity index (χ4v) is 4.09. The van der Waals surface area contributed by atoms with Crippen LogP contribution in [0, 0.1) is 6.92 Å². The summed E-state index contributed by atoms with van der Waals surface area (Å²) in [5, 5.41) is 8.69. The number of hydrogen-bond donors (Lipinski definition) is 0. The van der Waals surface area contributed by atoms with Crippen molar-refractivity contribution in [3.63, 3.8) is 0 Å². The molecule has 2 aliphatic heterocycles. The molecule has 1 aliphatic carbocycles. The predicted molar refractivity (Wildman–Crippen MR) is 101 cm³/mol. The minimum absolute atomic E-state index is 0.00891. The van der Waals surface area contributed by atoms with E-state index >= 15 is 0 Å². The van der Waals surface area contributed by atoms with Crippen molar-refractivity contribution >= 4 is 17.5 Å². The minimum atomic E-state index is -0.198. The zero-order chi connectivity index (χ0) is 19.4. The molecule has 8 nitrogen and oxygen atoms in total. The fourth-order valence-electron chi connectivity index (χ4n) is 4.09. The monoisotopic (exact) mass is 381 g/mol. The highest BCUT2D eigenvalue weighted by molar-refractivity contribution is 6.02. The van der Waals surface area contributed by atoms with E-state index in [4.69, 9.17) is 4.74 Å². The molecule has 3 heterocycles. The van der Waals surface area contributed by atoms with Crippen LogP contribution in [0.25, 0.3) is 0 Å². The number of ether oxygens (including phenoxy) is 1. The van der Waals surface area contributed by atoms with Crippen LogP contribution in [0.2, 0.25) is 0 Å². The number of carbonyl (C=O) groups excluding carboxylic acids is 2. The van der Waals surface area contributed by atoms with Crippen molar-refractivity contribution in [3.05, 3.63) is 35.4 Å². The van der Waals surface area contributed by atoms with Crippen molar-refractivity contribution in [2.75, 3.05) is 24.6 Å². The first-order valence-electron chi connectivity index (χ1n) is 9.76. The number of benzene rings is 1. The Kier molecular flexibility index (Phi) is 3.89. The van der Waals surface area contributed by atoms with Gasteiger partial charge in [-0.1, -0.05) is 6.07 Å². The molecule has 0 unspecified atom stereocenters. The van der Waals surface area contributed by atoms with Gasteiger partial charge in [0.1, 0.15) is 18.1 Å². The molecule has 1 saturated carbocycles. The van der Waals surface area contributed by atoms with Crippen LogP contribution in [0.4, 0.5) is 5.69 Å². The Morgan fingerprint density at radius 2 is 2.11 bits per heavy atom. The maximum atomic E-state index is 13.0. The summed E-state index contributed by atoms with van der Waals surface area (Å²) >= 11 is 0. The van der Waals surface area contributed by atoms with Crippen molar-refractivity contribution in [1.82, 2.24) is 19.7 Å². The van der Waals surface area contributed by atoms with Crippen LogP contribution < -0.4 is 9.64 Å². The van der Waals surface area contributed by atoms with E-state index < -0.39 is 0 Å². The summed E-state index contributed by atoms with van der Waals surface area (Å²) in [6.45, 7) is 5.05. The van der Waals surface area contributed by atoms with E-state index in [9.17, 15) is 9.59 Å². The van der Waals surface area contributed by atoms with Crippen LogP contribution in [0.1, 0.15) is 48.9 Å². The van der Waals surface area contributed by atoms with Crippen LogP contribution in [-0.4, -0.2) is 51.2 Å². The summed E-state index contributed by atoms with van der Waals surface area (Å²) in [7, 11) is 0. The quantitative estimate of drug-likeness (QED) is 0.810. The topological polar surface area (TPSA) is 80.6 Å². The lowest BCUT2D eigenvalue weighted by Crippen LogP contribution is -2.49. The number of hydrogen-bond acceptors (Lipinski definition) is 5.